The van der Waals surface area contributed by atoms with Gasteiger partial charge in [-0.25, -0.2) is 4.98 Å². The average Bonchev–Trinajstić information content (AvgIpc) is 3.00. The molecule has 5 heteroatoms. The third-order valence-corrected chi connectivity index (χ3v) is 5.04. The summed E-state index contributed by atoms with van der Waals surface area (Å²) in [5.41, 5.74) is 11.2. The molecular weight excluding hydrogens is 314 g/mol. The number of Topliss-reactive ketones (excluding diaryl/α,β-unsaturated/α-hetero) is 1. The second kappa shape index (κ2) is 5.63. The minimum absolute atomic E-state index is 0.0220. The third-order valence-electron chi connectivity index (χ3n) is 5.04. The van der Waals surface area contributed by atoms with Crippen molar-refractivity contribution < 1.29 is 4.79 Å². The van der Waals surface area contributed by atoms with Gasteiger partial charge in [0.2, 0.25) is 0 Å². The second-order valence-corrected chi connectivity index (χ2v) is 6.38. The summed E-state index contributed by atoms with van der Waals surface area (Å²) in [4.78, 5) is 29.8. The van der Waals surface area contributed by atoms with Crippen LogP contribution in [0.15, 0.2) is 35.1 Å². The lowest BCUT2D eigenvalue weighted by Gasteiger charge is -2.10. The molecule has 0 saturated heterocycles. The summed E-state index contributed by atoms with van der Waals surface area (Å²) in [6.45, 7) is 4.36. The number of para-hydroxylation sites is 1. The molecular formula is C20H19N3O2. The van der Waals surface area contributed by atoms with E-state index in [9.17, 15) is 9.59 Å². The third kappa shape index (κ3) is 2.16. The molecule has 2 N–H and O–H groups in total. The number of rotatable bonds is 3. The van der Waals surface area contributed by atoms with Crippen LogP contribution in [0.25, 0.3) is 22.3 Å². The molecule has 5 nitrogen and oxygen atoms in total. The molecule has 2 aromatic heterocycles. The van der Waals surface area contributed by atoms with Crippen LogP contribution in [0.1, 0.15) is 40.4 Å². The lowest BCUT2D eigenvalue weighted by molar-refractivity contribution is 0.0987. The van der Waals surface area contributed by atoms with Gasteiger partial charge in [-0.2, -0.15) is 0 Å². The van der Waals surface area contributed by atoms with Crippen molar-refractivity contribution in [2.45, 2.75) is 33.4 Å². The number of nitrogens with two attached hydrogens (primary N) is 1. The van der Waals surface area contributed by atoms with Gasteiger partial charge in [0.15, 0.2) is 5.78 Å². The van der Waals surface area contributed by atoms with Gasteiger partial charge in [0.1, 0.15) is 0 Å². The van der Waals surface area contributed by atoms with Crippen LogP contribution in [0.5, 0.6) is 0 Å². The highest BCUT2D eigenvalue weighted by atomic mass is 16.1. The maximum absolute atomic E-state index is 12.8. The van der Waals surface area contributed by atoms with E-state index in [4.69, 9.17) is 10.7 Å². The molecule has 0 radical (unpaired) electrons. The summed E-state index contributed by atoms with van der Waals surface area (Å²) in [6.07, 6.45) is 0.371. The first kappa shape index (κ1) is 15.7. The van der Waals surface area contributed by atoms with Gasteiger partial charge < -0.3 is 10.3 Å². The summed E-state index contributed by atoms with van der Waals surface area (Å²) in [7, 11) is 0. The molecule has 0 atom stereocenters. The lowest BCUT2D eigenvalue weighted by atomic mass is 9.99. The summed E-state index contributed by atoms with van der Waals surface area (Å²) in [5.74, 6) is -0.0220. The van der Waals surface area contributed by atoms with E-state index in [1.807, 2.05) is 30.3 Å². The highest BCUT2D eigenvalue weighted by molar-refractivity contribution is 5.98. The van der Waals surface area contributed by atoms with Crippen LogP contribution in [0.3, 0.4) is 0 Å². The number of hydrogen-bond donors (Lipinski definition) is 1. The van der Waals surface area contributed by atoms with Gasteiger partial charge in [-0.1, -0.05) is 25.1 Å². The molecule has 0 bridgehead atoms. The fraction of sp³-hybridized carbons (Fsp3) is 0.250. The van der Waals surface area contributed by atoms with E-state index < -0.39 is 0 Å². The Morgan fingerprint density at radius 3 is 2.80 bits per heavy atom. The largest absolute Gasteiger partial charge is 0.326 e. The van der Waals surface area contributed by atoms with E-state index in [0.717, 1.165) is 27.7 Å². The molecule has 0 aliphatic carbocycles. The molecule has 1 aliphatic heterocycles. The number of carbonyl (C=O) groups is 1. The maximum atomic E-state index is 12.8. The van der Waals surface area contributed by atoms with E-state index >= 15 is 0 Å². The van der Waals surface area contributed by atoms with Crippen LogP contribution in [0, 0.1) is 6.92 Å². The zero-order chi connectivity index (χ0) is 17.7. The average molecular weight is 333 g/mol. The maximum Gasteiger partial charge on any atom is 0.255 e. The quantitative estimate of drug-likeness (QED) is 0.585. The summed E-state index contributed by atoms with van der Waals surface area (Å²) in [5, 5.41) is 1.02. The van der Waals surface area contributed by atoms with E-state index in [-0.39, 0.29) is 11.3 Å². The molecule has 3 heterocycles. The normalized spacial score (nSPS) is 12.3. The highest BCUT2D eigenvalue weighted by Crippen LogP contribution is 2.35. The molecule has 126 valence electrons. The zero-order valence-corrected chi connectivity index (χ0v) is 14.3. The standard InChI is InChI=1S/C20H19N3O2/c1-3-18(24)13-8-17-19-15(10-23(17)20(25)11(13)2)14(9-21)12-6-4-5-7-16(12)22-19/h4-8H,3,9-10,21H2,1-2H3. The molecule has 25 heavy (non-hydrogen) atoms. The van der Waals surface area contributed by atoms with Crippen LogP contribution in [0.2, 0.25) is 0 Å². The molecule has 1 aliphatic rings. The van der Waals surface area contributed by atoms with Gasteiger partial charge in [0, 0.05) is 35.0 Å². The van der Waals surface area contributed by atoms with Gasteiger partial charge in [0.25, 0.3) is 5.56 Å². The monoisotopic (exact) mass is 333 g/mol. The molecule has 0 unspecified atom stereocenters. The van der Waals surface area contributed by atoms with Crippen molar-refractivity contribution in [2.24, 2.45) is 5.73 Å². The minimum Gasteiger partial charge on any atom is -0.326 e. The molecule has 0 spiro atoms. The van der Waals surface area contributed by atoms with E-state index in [1.165, 1.54) is 0 Å². The van der Waals surface area contributed by atoms with Gasteiger partial charge in [-0.15, -0.1) is 0 Å². The minimum atomic E-state index is -0.126. The van der Waals surface area contributed by atoms with Crippen molar-refractivity contribution in [3.63, 3.8) is 0 Å². The Bertz CT molecular complexity index is 1100. The highest BCUT2D eigenvalue weighted by Gasteiger charge is 2.27. The van der Waals surface area contributed by atoms with Crippen molar-refractivity contribution in [1.82, 2.24) is 9.55 Å². The summed E-state index contributed by atoms with van der Waals surface area (Å²) in [6, 6.07) is 9.67. The fourth-order valence-corrected chi connectivity index (χ4v) is 3.68. The Balaban J connectivity index is 2.07. The van der Waals surface area contributed by atoms with E-state index in [2.05, 4.69) is 0 Å². The number of fused-ring (bicyclic) bond motifs is 4. The van der Waals surface area contributed by atoms with Crippen molar-refractivity contribution in [3.05, 3.63) is 62.9 Å². The number of pyridine rings is 2. The number of carbonyl (C=O) groups excluding carboxylic acids is 1. The Kier molecular flexibility index (Phi) is 3.54. The van der Waals surface area contributed by atoms with Crippen LogP contribution >= 0.6 is 0 Å². The zero-order valence-electron chi connectivity index (χ0n) is 14.3. The van der Waals surface area contributed by atoms with Gasteiger partial charge in [-0.05, 0) is 24.6 Å². The van der Waals surface area contributed by atoms with Crippen LogP contribution in [-0.4, -0.2) is 15.3 Å². The van der Waals surface area contributed by atoms with Gasteiger partial charge in [-0.3, -0.25) is 9.59 Å². The molecule has 0 amide bonds. The Morgan fingerprint density at radius 2 is 2.08 bits per heavy atom. The number of benzene rings is 1. The Hall–Kier alpha value is -2.79. The van der Waals surface area contributed by atoms with E-state index in [1.54, 1.807) is 18.4 Å². The van der Waals surface area contributed by atoms with E-state index in [0.29, 0.717) is 36.3 Å². The van der Waals surface area contributed by atoms with Gasteiger partial charge in [0.05, 0.1) is 23.4 Å². The number of ketones is 1. The number of nitrogens with zero attached hydrogens (tertiary/aromatic N) is 2. The van der Waals surface area contributed by atoms with Crippen molar-refractivity contribution in [3.8, 4) is 11.4 Å². The predicted molar refractivity (Wildman–Crippen MR) is 97.8 cm³/mol. The first-order valence-corrected chi connectivity index (χ1v) is 8.45. The Labute approximate surface area is 145 Å². The summed E-state index contributed by atoms with van der Waals surface area (Å²) < 4.78 is 1.71. The van der Waals surface area contributed by atoms with Crippen molar-refractivity contribution in [2.75, 3.05) is 0 Å². The summed E-state index contributed by atoms with van der Waals surface area (Å²) >= 11 is 0. The Morgan fingerprint density at radius 1 is 1.32 bits per heavy atom. The second-order valence-electron chi connectivity index (χ2n) is 6.38. The first-order valence-electron chi connectivity index (χ1n) is 8.45. The smallest absolute Gasteiger partial charge is 0.255 e. The molecule has 3 aromatic rings. The predicted octanol–water partition coefficient (Wildman–Crippen LogP) is 2.79. The van der Waals surface area contributed by atoms with Crippen LogP contribution in [0.4, 0.5) is 0 Å². The van der Waals surface area contributed by atoms with Crippen molar-refractivity contribution in [1.29, 1.82) is 0 Å². The lowest BCUT2D eigenvalue weighted by Crippen LogP contribution is -2.24. The fourth-order valence-electron chi connectivity index (χ4n) is 3.68. The molecule has 0 fully saturated rings. The SMILES string of the molecule is CCC(=O)c1cc2n(c(=O)c1C)Cc1c-2nc2ccccc2c1CN. The molecule has 0 saturated carbocycles. The molecule has 4 rings (SSSR count). The number of hydrogen-bond acceptors (Lipinski definition) is 4. The topological polar surface area (TPSA) is 78.0 Å². The first-order chi connectivity index (χ1) is 12.1. The van der Waals surface area contributed by atoms with Crippen molar-refractivity contribution >= 4 is 16.7 Å². The number of aromatic nitrogens is 2. The van der Waals surface area contributed by atoms with Crippen LogP contribution < -0.4 is 11.3 Å². The molecule has 1 aromatic carbocycles. The van der Waals surface area contributed by atoms with Crippen LogP contribution in [-0.2, 0) is 13.1 Å². The van der Waals surface area contributed by atoms with Gasteiger partial charge >= 0.3 is 0 Å².